The fraction of sp³-hybridized carbons (Fsp3) is 0.167. The van der Waals surface area contributed by atoms with Gasteiger partial charge in [-0.15, -0.1) is 0 Å². The third-order valence-electron chi connectivity index (χ3n) is 2.31. The smallest absolute Gasteiger partial charge is 0.185 e. The maximum Gasteiger partial charge on any atom is 0.185 e. The normalized spacial score (nSPS) is 10.5. The first kappa shape index (κ1) is 12.1. The molecule has 1 aromatic heterocycles. The van der Waals surface area contributed by atoms with Crippen molar-refractivity contribution >= 4 is 29.0 Å². The molecular weight excluding hydrogens is 259 g/mol. The van der Waals surface area contributed by atoms with E-state index in [9.17, 15) is 4.79 Å². The van der Waals surface area contributed by atoms with Gasteiger partial charge in [-0.3, -0.25) is 9.48 Å². The van der Waals surface area contributed by atoms with Crippen molar-refractivity contribution in [3.05, 3.63) is 51.8 Å². The number of Topliss-reactive ketones (excluding diaryl/α,β-unsaturated/α-hetero) is 1. The van der Waals surface area contributed by atoms with Crippen molar-refractivity contribution in [2.45, 2.75) is 13.5 Å². The molecule has 2 rings (SSSR count). The monoisotopic (exact) mass is 268 g/mol. The highest BCUT2D eigenvalue weighted by atomic mass is 35.5. The van der Waals surface area contributed by atoms with Crippen molar-refractivity contribution in [2.75, 3.05) is 0 Å². The summed E-state index contributed by atoms with van der Waals surface area (Å²) in [7, 11) is 0. The van der Waals surface area contributed by atoms with E-state index in [0.717, 1.165) is 5.69 Å². The van der Waals surface area contributed by atoms with Crippen LogP contribution in [0.1, 0.15) is 16.1 Å². The SMILES string of the molecule is Cc1ccn(CC(=O)c2ccc(Cl)cc2Cl)n1. The summed E-state index contributed by atoms with van der Waals surface area (Å²) >= 11 is 11.7. The summed E-state index contributed by atoms with van der Waals surface area (Å²) < 4.78 is 1.59. The van der Waals surface area contributed by atoms with Gasteiger partial charge in [0.05, 0.1) is 10.7 Å². The van der Waals surface area contributed by atoms with E-state index >= 15 is 0 Å². The van der Waals surface area contributed by atoms with Crippen molar-refractivity contribution in [3.63, 3.8) is 0 Å². The Bertz CT molecular complexity index is 563. The van der Waals surface area contributed by atoms with Gasteiger partial charge in [0.2, 0.25) is 0 Å². The Labute approximate surface area is 109 Å². The van der Waals surface area contributed by atoms with E-state index in [4.69, 9.17) is 23.2 Å². The lowest BCUT2D eigenvalue weighted by Gasteiger charge is -2.04. The Kier molecular flexibility index (Phi) is 3.50. The van der Waals surface area contributed by atoms with Gasteiger partial charge in [-0.05, 0) is 31.2 Å². The van der Waals surface area contributed by atoms with Crippen LogP contribution in [0.15, 0.2) is 30.5 Å². The molecule has 0 spiro atoms. The fourth-order valence-electron chi connectivity index (χ4n) is 1.50. The van der Waals surface area contributed by atoms with Gasteiger partial charge in [-0.1, -0.05) is 23.2 Å². The molecule has 0 unspecified atom stereocenters. The molecule has 88 valence electrons. The molecular formula is C12H10Cl2N2O. The van der Waals surface area contributed by atoms with Crippen molar-refractivity contribution in [2.24, 2.45) is 0 Å². The molecule has 0 amide bonds. The summed E-state index contributed by atoms with van der Waals surface area (Å²) in [6, 6.07) is 6.68. The van der Waals surface area contributed by atoms with E-state index < -0.39 is 0 Å². The molecule has 0 fully saturated rings. The Hall–Kier alpha value is -1.32. The average Bonchev–Trinajstić information content (AvgIpc) is 2.63. The summed E-state index contributed by atoms with van der Waals surface area (Å²) in [6.45, 7) is 2.05. The zero-order chi connectivity index (χ0) is 12.4. The Morgan fingerprint density at radius 3 is 2.71 bits per heavy atom. The molecule has 0 bridgehead atoms. The van der Waals surface area contributed by atoms with Crippen LogP contribution in [0.3, 0.4) is 0 Å². The summed E-state index contributed by atoms with van der Waals surface area (Å²) in [4.78, 5) is 12.0. The van der Waals surface area contributed by atoms with Gasteiger partial charge in [0.1, 0.15) is 6.54 Å². The number of rotatable bonds is 3. The molecule has 0 N–H and O–H groups in total. The fourth-order valence-corrected chi connectivity index (χ4v) is 2.01. The van der Waals surface area contributed by atoms with E-state index in [-0.39, 0.29) is 12.3 Å². The zero-order valence-electron chi connectivity index (χ0n) is 9.15. The lowest BCUT2D eigenvalue weighted by Crippen LogP contribution is -2.11. The van der Waals surface area contributed by atoms with Crippen LogP contribution in [0.2, 0.25) is 10.0 Å². The number of ketones is 1. The number of nitrogens with zero attached hydrogens (tertiary/aromatic N) is 2. The number of hydrogen-bond donors (Lipinski definition) is 0. The summed E-state index contributed by atoms with van der Waals surface area (Å²) in [6.07, 6.45) is 1.76. The predicted molar refractivity (Wildman–Crippen MR) is 67.8 cm³/mol. The third-order valence-corrected chi connectivity index (χ3v) is 2.86. The first-order valence-electron chi connectivity index (χ1n) is 5.04. The maximum atomic E-state index is 12.0. The second-order valence-electron chi connectivity index (χ2n) is 3.70. The number of carbonyl (C=O) groups excluding carboxylic acids is 1. The van der Waals surface area contributed by atoms with E-state index in [1.54, 1.807) is 29.1 Å². The summed E-state index contributed by atoms with van der Waals surface area (Å²) in [5, 5.41) is 5.03. The van der Waals surface area contributed by atoms with E-state index in [1.807, 2.05) is 13.0 Å². The molecule has 0 aliphatic heterocycles. The van der Waals surface area contributed by atoms with Gasteiger partial charge in [-0.25, -0.2) is 0 Å². The van der Waals surface area contributed by atoms with Crippen molar-refractivity contribution in [3.8, 4) is 0 Å². The van der Waals surface area contributed by atoms with Gasteiger partial charge >= 0.3 is 0 Å². The second kappa shape index (κ2) is 4.90. The Morgan fingerprint density at radius 2 is 2.12 bits per heavy atom. The summed E-state index contributed by atoms with van der Waals surface area (Å²) in [5.41, 5.74) is 1.34. The van der Waals surface area contributed by atoms with Gasteiger partial charge in [0.15, 0.2) is 5.78 Å². The number of halogens is 2. The van der Waals surface area contributed by atoms with Crippen LogP contribution in [-0.2, 0) is 6.54 Å². The topological polar surface area (TPSA) is 34.9 Å². The maximum absolute atomic E-state index is 12.0. The quantitative estimate of drug-likeness (QED) is 0.800. The molecule has 0 aliphatic carbocycles. The molecule has 0 radical (unpaired) electrons. The number of aromatic nitrogens is 2. The minimum Gasteiger partial charge on any atom is -0.292 e. The molecule has 0 atom stereocenters. The molecule has 17 heavy (non-hydrogen) atoms. The standard InChI is InChI=1S/C12H10Cl2N2O/c1-8-4-5-16(15-8)7-12(17)10-3-2-9(13)6-11(10)14/h2-6H,7H2,1H3. The predicted octanol–water partition coefficient (Wildman–Crippen LogP) is 3.38. The van der Waals surface area contributed by atoms with Crippen LogP contribution >= 0.6 is 23.2 Å². The van der Waals surface area contributed by atoms with Crippen molar-refractivity contribution in [1.29, 1.82) is 0 Å². The molecule has 0 saturated heterocycles. The molecule has 1 aromatic carbocycles. The van der Waals surface area contributed by atoms with Crippen molar-refractivity contribution in [1.82, 2.24) is 9.78 Å². The van der Waals surface area contributed by atoms with E-state index in [1.165, 1.54) is 0 Å². The Balaban J connectivity index is 2.20. The van der Waals surface area contributed by atoms with Crippen molar-refractivity contribution < 1.29 is 4.79 Å². The molecule has 2 aromatic rings. The summed E-state index contributed by atoms with van der Waals surface area (Å²) in [5.74, 6) is -0.0882. The Morgan fingerprint density at radius 1 is 1.35 bits per heavy atom. The highest BCUT2D eigenvalue weighted by Gasteiger charge is 2.11. The van der Waals surface area contributed by atoms with E-state index in [0.29, 0.717) is 15.6 Å². The number of hydrogen-bond acceptors (Lipinski definition) is 2. The first-order valence-corrected chi connectivity index (χ1v) is 5.80. The zero-order valence-corrected chi connectivity index (χ0v) is 10.7. The van der Waals surface area contributed by atoms with Crippen LogP contribution in [-0.4, -0.2) is 15.6 Å². The van der Waals surface area contributed by atoms with Gasteiger partial charge < -0.3 is 0 Å². The minimum atomic E-state index is -0.0882. The molecule has 3 nitrogen and oxygen atoms in total. The lowest BCUT2D eigenvalue weighted by atomic mass is 10.1. The van der Waals surface area contributed by atoms with Crippen LogP contribution in [0.25, 0.3) is 0 Å². The average molecular weight is 269 g/mol. The molecule has 1 heterocycles. The lowest BCUT2D eigenvalue weighted by molar-refractivity contribution is 0.0968. The number of aryl methyl sites for hydroxylation is 1. The minimum absolute atomic E-state index is 0.0882. The van der Waals surface area contributed by atoms with Gasteiger partial charge in [0.25, 0.3) is 0 Å². The third kappa shape index (κ3) is 2.87. The second-order valence-corrected chi connectivity index (χ2v) is 4.55. The van der Waals surface area contributed by atoms with Crippen LogP contribution in [0.4, 0.5) is 0 Å². The van der Waals surface area contributed by atoms with Crippen LogP contribution < -0.4 is 0 Å². The van der Waals surface area contributed by atoms with E-state index in [2.05, 4.69) is 5.10 Å². The van der Waals surface area contributed by atoms with Crippen LogP contribution in [0, 0.1) is 6.92 Å². The van der Waals surface area contributed by atoms with Gasteiger partial charge in [-0.2, -0.15) is 5.10 Å². The van der Waals surface area contributed by atoms with Gasteiger partial charge in [0, 0.05) is 16.8 Å². The number of carbonyl (C=O) groups is 1. The van der Waals surface area contributed by atoms with Crippen LogP contribution in [0.5, 0.6) is 0 Å². The number of benzene rings is 1. The molecule has 0 aliphatic rings. The highest BCUT2D eigenvalue weighted by Crippen LogP contribution is 2.21. The molecule has 5 heteroatoms. The first-order chi connectivity index (χ1) is 8.06. The highest BCUT2D eigenvalue weighted by molar-refractivity contribution is 6.36. The molecule has 0 saturated carbocycles. The largest absolute Gasteiger partial charge is 0.292 e.